The minimum absolute atomic E-state index is 0.240. The summed E-state index contributed by atoms with van der Waals surface area (Å²) >= 11 is 0. The topological polar surface area (TPSA) is 94.5 Å². The SMILES string of the molecule is COC(=O)N1[C@@H]([C@@](O)(C(=O)OC)c2ccccc2)C(OC)OC1(C)C. The smallest absolute Gasteiger partial charge is 0.412 e. The molecule has 1 aromatic carbocycles. The largest absolute Gasteiger partial charge is 0.467 e. The van der Waals surface area contributed by atoms with Gasteiger partial charge in [0, 0.05) is 7.11 Å². The van der Waals surface area contributed by atoms with Gasteiger partial charge in [0.25, 0.3) is 0 Å². The number of ether oxygens (including phenoxy) is 4. The van der Waals surface area contributed by atoms with Crippen molar-refractivity contribution in [2.45, 2.75) is 37.5 Å². The molecule has 0 bridgehead atoms. The first-order valence-electron chi connectivity index (χ1n) is 7.68. The summed E-state index contributed by atoms with van der Waals surface area (Å²) in [5, 5.41) is 11.4. The van der Waals surface area contributed by atoms with E-state index in [1.54, 1.807) is 44.2 Å². The molecule has 1 saturated heterocycles. The third-order valence-electron chi connectivity index (χ3n) is 4.26. The lowest BCUT2D eigenvalue weighted by Crippen LogP contribution is -2.61. The van der Waals surface area contributed by atoms with E-state index in [1.807, 2.05) is 0 Å². The minimum atomic E-state index is -2.22. The Bertz CT molecular complexity index is 633. The first kappa shape index (κ1) is 19.2. The lowest BCUT2D eigenvalue weighted by atomic mass is 9.84. The number of carbonyl (C=O) groups excluding carboxylic acids is 2. The predicted octanol–water partition coefficient (Wildman–Crippen LogP) is 1.22. The maximum Gasteiger partial charge on any atom is 0.412 e. The highest BCUT2D eigenvalue weighted by molar-refractivity contribution is 5.83. The van der Waals surface area contributed by atoms with E-state index in [9.17, 15) is 14.7 Å². The summed E-state index contributed by atoms with van der Waals surface area (Å²) in [5.74, 6) is -0.944. The van der Waals surface area contributed by atoms with E-state index in [0.717, 1.165) is 12.0 Å². The summed E-state index contributed by atoms with van der Waals surface area (Å²) in [5.41, 5.74) is -3.17. The Labute approximate surface area is 146 Å². The van der Waals surface area contributed by atoms with Crippen molar-refractivity contribution in [2.24, 2.45) is 0 Å². The molecular weight excluding hydrogens is 330 g/mol. The van der Waals surface area contributed by atoms with E-state index in [2.05, 4.69) is 0 Å². The molecule has 1 N–H and O–H groups in total. The van der Waals surface area contributed by atoms with E-state index in [0.29, 0.717) is 0 Å². The van der Waals surface area contributed by atoms with E-state index in [-0.39, 0.29) is 5.56 Å². The molecule has 0 radical (unpaired) electrons. The van der Waals surface area contributed by atoms with Gasteiger partial charge in [-0.2, -0.15) is 0 Å². The van der Waals surface area contributed by atoms with Crippen molar-refractivity contribution in [2.75, 3.05) is 21.3 Å². The molecule has 1 aliphatic heterocycles. The summed E-state index contributed by atoms with van der Waals surface area (Å²) in [4.78, 5) is 26.1. The third-order valence-corrected chi connectivity index (χ3v) is 4.26. The zero-order valence-corrected chi connectivity index (χ0v) is 14.9. The van der Waals surface area contributed by atoms with Crippen LogP contribution in [-0.4, -0.2) is 61.5 Å². The van der Waals surface area contributed by atoms with Crippen LogP contribution >= 0.6 is 0 Å². The summed E-state index contributed by atoms with van der Waals surface area (Å²) in [6.45, 7) is 3.22. The minimum Gasteiger partial charge on any atom is -0.467 e. The van der Waals surface area contributed by atoms with Crippen LogP contribution in [0.3, 0.4) is 0 Å². The van der Waals surface area contributed by atoms with Crippen LogP contribution in [0.2, 0.25) is 0 Å². The van der Waals surface area contributed by atoms with Crippen molar-refractivity contribution in [3.8, 4) is 0 Å². The average molecular weight is 353 g/mol. The zero-order chi connectivity index (χ0) is 18.8. The number of hydrogen-bond donors (Lipinski definition) is 1. The maximum atomic E-state index is 12.6. The van der Waals surface area contributed by atoms with Crippen LogP contribution in [-0.2, 0) is 29.3 Å². The van der Waals surface area contributed by atoms with Gasteiger partial charge in [-0.25, -0.2) is 9.59 Å². The molecule has 8 heteroatoms. The molecule has 1 aliphatic rings. The summed E-state index contributed by atoms with van der Waals surface area (Å²) in [7, 11) is 3.72. The monoisotopic (exact) mass is 353 g/mol. The van der Waals surface area contributed by atoms with E-state index >= 15 is 0 Å². The molecule has 25 heavy (non-hydrogen) atoms. The third kappa shape index (κ3) is 3.08. The van der Waals surface area contributed by atoms with E-state index in [1.165, 1.54) is 14.2 Å². The molecule has 0 aromatic heterocycles. The van der Waals surface area contributed by atoms with Gasteiger partial charge >= 0.3 is 12.1 Å². The number of aliphatic hydroxyl groups is 1. The molecule has 1 fully saturated rings. The number of carbonyl (C=O) groups is 2. The van der Waals surface area contributed by atoms with Crippen LogP contribution in [0.5, 0.6) is 0 Å². The second-order valence-electron chi connectivity index (χ2n) is 6.08. The Hall–Kier alpha value is -2.16. The summed E-state index contributed by atoms with van der Waals surface area (Å²) in [6, 6.07) is 6.95. The van der Waals surface area contributed by atoms with Gasteiger partial charge in [0.15, 0.2) is 6.29 Å². The lowest BCUT2D eigenvalue weighted by molar-refractivity contribution is -0.187. The molecule has 3 atom stereocenters. The molecule has 0 aliphatic carbocycles. The number of nitrogens with zero attached hydrogens (tertiary/aromatic N) is 1. The Morgan fingerprint density at radius 1 is 1.16 bits per heavy atom. The van der Waals surface area contributed by atoms with Gasteiger partial charge in [0.2, 0.25) is 5.60 Å². The molecule has 138 valence electrons. The number of methoxy groups -OCH3 is 3. The van der Waals surface area contributed by atoms with Gasteiger partial charge in [0.1, 0.15) is 11.8 Å². The van der Waals surface area contributed by atoms with Crippen LogP contribution in [0.4, 0.5) is 4.79 Å². The van der Waals surface area contributed by atoms with Gasteiger partial charge < -0.3 is 24.1 Å². The number of amides is 1. The van der Waals surface area contributed by atoms with Crippen molar-refractivity contribution in [1.29, 1.82) is 0 Å². The van der Waals surface area contributed by atoms with Gasteiger partial charge in [-0.05, 0) is 19.4 Å². The predicted molar refractivity (Wildman–Crippen MR) is 86.3 cm³/mol. The molecule has 1 aromatic rings. The molecule has 1 heterocycles. The second-order valence-corrected chi connectivity index (χ2v) is 6.08. The van der Waals surface area contributed by atoms with E-state index < -0.39 is 35.7 Å². The average Bonchev–Trinajstić information content (AvgIpc) is 2.91. The number of hydrogen-bond acceptors (Lipinski definition) is 7. The number of esters is 1. The van der Waals surface area contributed by atoms with Gasteiger partial charge in [-0.1, -0.05) is 30.3 Å². The summed E-state index contributed by atoms with van der Waals surface area (Å²) < 4.78 is 20.7. The summed E-state index contributed by atoms with van der Waals surface area (Å²) in [6.07, 6.45) is -1.86. The van der Waals surface area contributed by atoms with Crippen LogP contribution in [0.15, 0.2) is 30.3 Å². The molecule has 0 spiro atoms. The van der Waals surface area contributed by atoms with Gasteiger partial charge in [-0.15, -0.1) is 0 Å². The zero-order valence-electron chi connectivity index (χ0n) is 14.9. The fourth-order valence-corrected chi connectivity index (χ4v) is 3.11. The quantitative estimate of drug-likeness (QED) is 0.813. The Balaban J connectivity index is 2.68. The fraction of sp³-hybridized carbons (Fsp3) is 0.529. The number of benzene rings is 1. The molecule has 1 amide bonds. The molecule has 0 saturated carbocycles. The normalized spacial score (nSPS) is 24.5. The van der Waals surface area contributed by atoms with Gasteiger partial charge in [-0.3, -0.25) is 4.90 Å². The van der Waals surface area contributed by atoms with Crippen molar-refractivity contribution in [3.63, 3.8) is 0 Å². The standard InChI is InChI=1S/C17H23NO7/c1-16(2)18(15(20)24-5)12(13(22-3)25-16)17(21,14(19)23-4)11-9-7-6-8-10-11/h6-10,12-13,21H,1-5H3/t12-,13?,17-/m1/s1. The highest BCUT2D eigenvalue weighted by Crippen LogP contribution is 2.43. The first-order chi connectivity index (χ1) is 11.7. The van der Waals surface area contributed by atoms with Crippen molar-refractivity contribution >= 4 is 12.1 Å². The van der Waals surface area contributed by atoms with Crippen molar-refractivity contribution in [3.05, 3.63) is 35.9 Å². The van der Waals surface area contributed by atoms with Crippen molar-refractivity contribution < 1.29 is 33.6 Å². The maximum absolute atomic E-state index is 12.6. The van der Waals surface area contributed by atoms with E-state index in [4.69, 9.17) is 18.9 Å². The fourth-order valence-electron chi connectivity index (χ4n) is 3.11. The van der Waals surface area contributed by atoms with Crippen molar-refractivity contribution in [1.82, 2.24) is 4.90 Å². The second kappa shape index (κ2) is 6.99. The molecular formula is C17H23NO7. The molecule has 8 nitrogen and oxygen atoms in total. The highest BCUT2D eigenvalue weighted by Gasteiger charge is 2.63. The molecule has 1 unspecified atom stereocenters. The van der Waals surface area contributed by atoms with Crippen LogP contribution in [0, 0.1) is 0 Å². The van der Waals surface area contributed by atoms with Crippen LogP contribution in [0.1, 0.15) is 19.4 Å². The highest BCUT2D eigenvalue weighted by atomic mass is 16.7. The van der Waals surface area contributed by atoms with Gasteiger partial charge in [0.05, 0.1) is 14.2 Å². The molecule has 2 rings (SSSR count). The Morgan fingerprint density at radius 3 is 2.24 bits per heavy atom. The number of rotatable bonds is 4. The Morgan fingerprint density at radius 2 is 1.76 bits per heavy atom. The lowest BCUT2D eigenvalue weighted by Gasteiger charge is -2.39. The van der Waals surface area contributed by atoms with Crippen LogP contribution < -0.4 is 0 Å². The Kier molecular flexibility index (Phi) is 5.36. The first-order valence-corrected chi connectivity index (χ1v) is 7.68. The van der Waals surface area contributed by atoms with Crippen LogP contribution in [0.25, 0.3) is 0 Å².